The summed E-state index contributed by atoms with van der Waals surface area (Å²) < 4.78 is 1.50. The summed E-state index contributed by atoms with van der Waals surface area (Å²) >= 11 is 0. The molecular formula is C13H22N4O2. The van der Waals surface area contributed by atoms with E-state index in [0.717, 1.165) is 25.7 Å². The number of rotatable bonds is 4. The second kappa shape index (κ2) is 5.69. The smallest absolute Gasteiger partial charge is 0.244 e. The number of aromatic nitrogens is 3. The molecule has 1 heterocycles. The number of nitrogens with zero attached hydrogens (tertiary/aromatic N) is 3. The minimum Gasteiger partial charge on any atom is -0.388 e. The van der Waals surface area contributed by atoms with E-state index in [1.807, 2.05) is 0 Å². The van der Waals surface area contributed by atoms with Crippen LogP contribution < -0.4 is 5.32 Å². The van der Waals surface area contributed by atoms with Gasteiger partial charge in [-0.2, -0.15) is 5.10 Å². The highest BCUT2D eigenvalue weighted by Gasteiger charge is 2.32. The maximum Gasteiger partial charge on any atom is 0.244 e. The Balaban J connectivity index is 1.83. The van der Waals surface area contributed by atoms with Gasteiger partial charge in [0.15, 0.2) is 0 Å². The molecule has 1 fully saturated rings. The molecule has 2 rings (SSSR count). The lowest BCUT2D eigenvalue weighted by molar-refractivity contribution is -0.125. The molecule has 1 saturated carbocycles. The Bertz CT molecular complexity index is 410. The highest BCUT2D eigenvalue weighted by atomic mass is 16.3. The Kier molecular flexibility index (Phi) is 4.19. The predicted molar refractivity (Wildman–Crippen MR) is 70.3 cm³/mol. The minimum absolute atomic E-state index is 0.141. The summed E-state index contributed by atoms with van der Waals surface area (Å²) in [6.45, 7) is 4.28. The predicted octanol–water partition coefficient (Wildman–Crippen LogP) is 0.896. The van der Waals surface area contributed by atoms with Crippen LogP contribution >= 0.6 is 0 Å². The summed E-state index contributed by atoms with van der Waals surface area (Å²) in [6, 6.07) is -0.409. The molecule has 1 atom stereocenters. The number of carbonyl (C=O) groups is 1. The minimum atomic E-state index is -0.746. The Morgan fingerprint density at radius 2 is 2.26 bits per heavy atom. The Hall–Kier alpha value is -1.43. The normalized spacial score (nSPS) is 28.9. The van der Waals surface area contributed by atoms with Gasteiger partial charge in [-0.1, -0.05) is 6.92 Å². The average Bonchev–Trinajstić information content (AvgIpc) is 2.93. The molecule has 1 aliphatic carbocycles. The zero-order chi connectivity index (χ0) is 13.9. The monoisotopic (exact) mass is 266 g/mol. The topological polar surface area (TPSA) is 80.0 Å². The van der Waals surface area contributed by atoms with Crippen LogP contribution in [0, 0.1) is 5.92 Å². The van der Waals surface area contributed by atoms with Crippen molar-refractivity contribution < 1.29 is 9.90 Å². The number of hydrogen-bond acceptors (Lipinski definition) is 4. The third kappa shape index (κ3) is 3.53. The number of aliphatic hydroxyl groups is 1. The second-order valence-electron chi connectivity index (χ2n) is 5.68. The molecule has 0 bridgehead atoms. The van der Waals surface area contributed by atoms with Crippen molar-refractivity contribution in [2.24, 2.45) is 5.92 Å². The summed E-state index contributed by atoms with van der Waals surface area (Å²) in [5.74, 6) is 0.530. The molecule has 0 spiro atoms. The van der Waals surface area contributed by atoms with Gasteiger partial charge in [0.2, 0.25) is 5.91 Å². The van der Waals surface area contributed by atoms with Crippen molar-refractivity contribution in [1.82, 2.24) is 20.1 Å². The van der Waals surface area contributed by atoms with Crippen LogP contribution in [0.5, 0.6) is 0 Å². The van der Waals surface area contributed by atoms with Gasteiger partial charge in [-0.3, -0.25) is 4.79 Å². The first kappa shape index (κ1) is 14.0. The number of hydrogen-bond donors (Lipinski definition) is 2. The van der Waals surface area contributed by atoms with Gasteiger partial charge in [0.25, 0.3) is 0 Å². The quantitative estimate of drug-likeness (QED) is 0.848. The third-order valence-corrected chi connectivity index (χ3v) is 4.01. The van der Waals surface area contributed by atoms with Gasteiger partial charge in [0.05, 0.1) is 5.60 Å². The highest BCUT2D eigenvalue weighted by molar-refractivity contribution is 5.79. The summed E-state index contributed by atoms with van der Waals surface area (Å²) in [4.78, 5) is 15.8. The van der Waals surface area contributed by atoms with Crippen LogP contribution in [-0.4, -0.2) is 37.9 Å². The number of amides is 1. The lowest BCUT2D eigenvalue weighted by Gasteiger charge is -2.35. The maximum absolute atomic E-state index is 12.0. The molecule has 6 heteroatoms. The van der Waals surface area contributed by atoms with Crippen molar-refractivity contribution >= 4 is 5.91 Å². The van der Waals surface area contributed by atoms with Crippen molar-refractivity contribution in [2.75, 3.05) is 6.54 Å². The van der Waals surface area contributed by atoms with E-state index in [2.05, 4.69) is 22.3 Å². The molecule has 0 aliphatic heterocycles. The van der Waals surface area contributed by atoms with E-state index in [1.54, 1.807) is 6.92 Å². The van der Waals surface area contributed by atoms with E-state index < -0.39 is 11.6 Å². The molecule has 1 aliphatic rings. The van der Waals surface area contributed by atoms with Crippen molar-refractivity contribution in [3.8, 4) is 0 Å². The standard InChI is InChI=1S/C13H22N4O2/c1-10-3-5-13(19,6-4-10)7-15-12(18)11(2)17-9-14-8-16-17/h8-11,19H,3-7H2,1-2H3,(H,15,18). The fourth-order valence-corrected chi connectivity index (χ4v) is 2.41. The first-order valence-electron chi connectivity index (χ1n) is 6.84. The van der Waals surface area contributed by atoms with Gasteiger partial charge >= 0.3 is 0 Å². The van der Waals surface area contributed by atoms with Crippen LogP contribution in [0.3, 0.4) is 0 Å². The van der Waals surface area contributed by atoms with E-state index in [4.69, 9.17) is 0 Å². The SMILES string of the molecule is CC1CCC(O)(CNC(=O)C(C)n2cncn2)CC1. The van der Waals surface area contributed by atoms with Crippen molar-refractivity contribution in [1.29, 1.82) is 0 Å². The van der Waals surface area contributed by atoms with E-state index in [-0.39, 0.29) is 5.91 Å². The first-order valence-corrected chi connectivity index (χ1v) is 6.84. The van der Waals surface area contributed by atoms with Crippen LogP contribution in [0.15, 0.2) is 12.7 Å². The fourth-order valence-electron chi connectivity index (χ4n) is 2.41. The molecule has 1 aromatic heterocycles. The van der Waals surface area contributed by atoms with Crippen LogP contribution in [0.25, 0.3) is 0 Å². The Labute approximate surface area is 113 Å². The van der Waals surface area contributed by atoms with E-state index in [9.17, 15) is 9.90 Å². The second-order valence-corrected chi connectivity index (χ2v) is 5.68. The molecule has 106 valence electrons. The van der Waals surface area contributed by atoms with Crippen LogP contribution in [0.4, 0.5) is 0 Å². The van der Waals surface area contributed by atoms with Crippen LogP contribution in [0.1, 0.15) is 45.6 Å². The fraction of sp³-hybridized carbons (Fsp3) is 0.769. The third-order valence-electron chi connectivity index (χ3n) is 4.01. The van der Waals surface area contributed by atoms with Crippen LogP contribution in [0.2, 0.25) is 0 Å². The molecule has 2 N–H and O–H groups in total. The van der Waals surface area contributed by atoms with Crippen molar-refractivity contribution in [2.45, 2.75) is 51.2 Å². The largest absolute Gasteiger partial charge is 0.388 e. The van der Waals surface area contributed by atoms with E-state index in [1.165, 1.54) is 17.3 Å². The molecule has 1 aromatic rings. The van der Waals surface area contributed by atoms with Gasteiger partial charge < -0.3 is 10.4 Å². The summed E-state index contributed by atoms with van der Waals surface area (Å²) in [6.07, 6.45) is 6.47. The zero-order valence-corrected chi connectivity index (χ0v) is 11.5. The first-order chi connectivity index (χ1) is 9.00. The number of carbonyl (C=O) groups excluding carboxylic acids is 1. The zero-order valence-electron chi connectivity index (χ0n) is 11.5. The molecule has 1 unspecified atom stereocenters. The molecule has 0 radical (unpaired) electrons. The lowest BCUT2D eigenvalue weighted by atomic mass is 9.79. The Morgan fingerprint density at radius 1 is 1.58 bits per heavy atom. The molecule has 6 nitrogen and oxygen atoms in total. The van der Waals surface area contributed by atoms with Gasteiger partial charge in [-0.15, -0.1) is 0 Å². The molecule has 19 heavy (non-hydrogen) atoms. The molecule has 1 amide bonds. The maximum atomic E-state index is 12.0. The van der Waals surface area contributed by atoms with Crippen molar-refractivity contribution in [3.05, 3.63) is 12.7 Å². The van der Waals surface area contributed by atoms with Crippen LogP contribution in [-0.2, 0) is 4.79 Å². The molecule has 0 saturated heterocycles. The average molecular weight is 266 g/mol. The number of nitrogens with one attached hydrogen (secondary N) is 1. The summed E-state index contributed by atoms with van der Waals surface area (Å²) in [5, 5.41) is 17.2. The van der Waals surface area contributed by atoms with E-state index >= 15 is 0 Å². The van der Waals surface area contributed by atoms with Gasteiger partial charge in [0.1, 0.15) is 18.7 Å². The highest BCUT2D eigenvalue weighted by Crippen LogP contribution is 2.31. The molecule has 0 aromatic carbocycles. The van der Waals surface area contributed by atoms with Crippen molar-refractivity contribution in [3.63, 3.8) is 0 Å². The van der Waals surface area contributed by atoms with Gasteiger partial charge in [-0.25, -0.2) is 9.67 Å². The summed E-state index contributed by atoms with van der Waals surface area (Å²) in [7, 11) is 0. The lowest BCUT2D eigenvalue weighted by Crippen LogP contribution is -2.46. The van der Waals surface area contributed by atoms with Gasteiger partial charge in [-0.05, 0) is 38.5 Å². The van der Waals surface area contributed by atoms with E-state index in [0.29, 0.717) is 12.5 Å². The summed E-state index contributed by atoms with van der Waals surface area (Å²) in [5.41, 5.74) is -0.746. The van der Waals surface area contributed by atoms with Gasteiger partial charge in [0, 0.05) is 6.54 Å². The molecular weight excluding hydrogens is 244 g/mol. The Morgan fingerprint density at radius 3 is 2.84 bits per heavy atom.